The van der Waals surface area contributed by atoms with Crippen molar-refractivity contribution in [2.24, 2.45) is 0 Å². The third kappa shape index (κ3) is 2.44. The van der Waals surface area contributed by atoms with Crippen LogP contribution in [0.2, 0.25) is 5.02 Å². The van der Waals surface area contributed by atoms with Gasteiger partial charge >= 0.3 is 0 Å². The Morgan fingerprint density at radius 1 is 1.25 bits per heavy atom. The average molecular weight is 235 g/mol. The summed E-state index contributed by atoms with van der Waals surface area (Å²) in [4.78, 5) is 4.16. The highest BCUT2D eigenvalue weighted by Gasteiger charge is 2.02. The molecule has 0 aliphatic heterocycles. The van der Waals surface area contributed by atoms with Gasteiger partial charge in [0, 0.05) is 11.2 Å². The topological polar surface area (TPSA) is 34.1 Å². The highest BCUT2D eigenvalue weighted by molar-refractivity contribution is 6.30. The summed E-state index contributed by atoms with van der Waals surface area (Å²) in [6.07, 6.45) is 1.65. The number of para-hydroxylation sites is 2. The van der Waals surface area contributed by atoms with Crippen LogP contribution in [0.1, 0.15) is 0 Å². The number of halogens is 1. The van der Waals surface area contributed by atoms with Gasteiger partial charge in [0.05, 0.1) is 12.8 Å². The lowest BCUT2D eigenvalue weighted by Crippen LogP contribution is -1.95. The average Bonchev–Trinajstić information content (AvgIpc) is 2.30. The molecule has 3 nitrogen and oxygen atoms in total. The lowest BCUT2D eigenvalue weighted by atomic mass is 10.3. The first kappa shape index (κ1) is 10.8. The van der Waals surface area contributed by atoms with Gasteiger partial charge in [-0.05, 0) is 24.3 Å². The molecule has 1 N–H and O–H groups in total. The molecule has 0 unspecified atom stereocenters. The van der Waals surface area contributed by atoms with Crippen molar-refractivity contribution in [1.82, 2.24) is 4.98 Å². The standard InChI is InChI=1S/C12H11ClN2O/c1-16-11-5-3-2-4-10(11)15-12-8-9(13)6-7-14-12/h2-8H,1H3,(H,14,15). The molecule has 2 aromatic rings. The minimum Gasteiger partial charge on any atom is -0.495 e. The van der Waals surface area contributed by atoms with Crippen molar-refractivity contribution in [3.63, 3.8) is 0 Å². The van der Waals surface area contributed by atoms with E-state index >= 15 is 0 Å². The zero-order chi connectivity index (χ0) is 11.4. The molecule has 0 amide bonds. The summed E-state index contributed by atoms with van der Waals surface area (Å²) in [6.45, 7) is 0. The second kappa shape index (κ2) is 4.86. The fourth-order valence-electron chi connectivity index (χ4n) is 1.36. The van der Waals surface area contributed by atoms with Crippen molar-refractivity contribution in [1.29, 1.82) is 0 Å². The molecule has 0 aliphatic carbocycles. The number of nitrogens with zero attached hydrogens (tertiary/aromatic N) is 1. The summed E-state index contributed by atoms with van der Waals surface area (Å²) < 4.78 is 5.22. The van der Waals surface area contributed by atoms with E-state index < -0.39 is 0 Å². The normalized spacial score (nSPS) is 9.88. The van der Waals surface area contributed by atoms with Crippen LogP contribution in [0, 0.1) is 0 Å². The minimum atomic E-state index is 0.646. The first-order valence-electron chi connectivity index (χ1n) is 4.81. The molecule has 0 fully saturated rings. The van der Waals surface area contributed by atoms with Crippen molar-refractivity contribution in [3.05, 3.63) is 47.6 Å². The monoisotopic (exact) mass is 234 g/mol. The van der Waals surface area contributed by atoms with E-state index in [-0.39, 0.29) is 0 Å². The summed E-state index contributed by atoms with van der Waals surface area (Å²) in [5.41, 5.74) is 0.861. The van der Waals surface area contributed by atoms with Crippen molar-refractivity contribution in [3.8, 4) is 5.75 Å². The van der Waals surface area contributed by atoms with Crippen molar-refractivity contribution in [2.75, 3.05) is 12.4 Å². The number of benzene rings is 1. The summed E-state index contributed by atoms with van der Waals surface area (Å²) >= 11 is 5.87. The van der Waals surface area contributed by atoms with E-state index in [0.717, 1.165) is 11.4 Å². The molecular weight excluding hydrogens is 224 g/mol. The Kier molecular flexibility index (Phi) is 3.27. The second-order valence-corrected chi connectivity index (χ2v) is 3.62. The lowest BCUT2D eigenvalue weighted by molar-refractivity contribution is 0.417. The maximum absolute atomic E-state index is 5.87. The largest absolute Gasteiger partial charge is 0.495 e. The number of nitrogens with one attached hydrogen (secondary N) is 1. The van der Waals surface area contributed by atoms with E-state index in [4.69, 9.17) is 16.3 Å². The zero-order valence-corrected chi connectivity index (χ0v) is 9.53. The van der Waals surface area contributed by atoms with Gasteiger partial charge in [-0.3, -0.25) is 0 Å². The van der Waals surface area contributed by atoms with Crippen LogP contribution >= 0.6 is 11.6 Å². The highest BCUT2D eigenvalue weighted by Crippen LogP contribution is 2.26. The summed E-state index contributed by atoms with van der Waals surface area (Å²) in [7, 11) is 1.63. The van der Waals surface area contributed by atoms with Gasteiger partial charge in [-0.15, -0.1) is 0 Å². The van der Waals surface area contributed by atoms with Gasteiger partial charge in [0.25, 0.3) is 0 Å². The fourth-order valence-corrected chi connectivity index (χ4v) is 1.52. The van der Waals surface area contributed by atoms with Crippen LogP contribution in [0.4, 0.5) is 11.5 Å². The van der Waals surface area contributed by atoms with Gasteiger partial charge in [-0.2, -0.15) is 0 Å². The quantitative estimate of drug-likeness (QED) is 0.883. The van der Waals surface area contributed by atoms with Gasteiger partial charge in [-0.1, -0.05) is 23.7 Å². The van der Waals surface area contributed by atoms with Crippen LogP contribution < -0.4 is 10.1 Å². The number of ether oxygens (including phenoxy) is 1. The predicted molar refractivity (Wildman–Crippen MR) is 65.5 cm³/mol. The maximum Gasteiger partial charge on any atom is 0.142 e. The van der Waals surface area contributed by atoms with E-state index in [9.17, 15) is 0 Å². The van der Waals surface area contributed by atoms with E-state index in [2.05, 4.69) is 10.3 Å². The first-order valence-corrected chi connectivity index (χ1v) is 5.19. The molecule has 0 aliphatic rings. The molecule has 0 spiro atoms. The van der Waals surface area contributed by atoms with E-state index in [0.29, 0.717) is 10.8 Å². The van der Waals surface area contributed by atoms with E-state index in [1.54, 1.807) is 25.4 Å². The SMILES string of the molecule is COc1ccccc1Nc1cc(Cl)ccn1. The van der Waals surface area contributed by atoms with E-state index in [1.165, 1.54) is 0 Å². The molecule has 2 rings (SSSR count). The molecular formula is C12H11ClN2O. The number of methoxy groups -OCH3 is 1. The van der Waals surface area contributed by atoms with E-state index in [1.807, 2.05) is 24.3 Å². The molecule has 4 heteroatoms. The van der Waals surface area contributed by atoms with Crippen molar-refractivity contribution >= 4 is 23.1 Å². The molecule has 0 atom stereocenters. The Labute approximate surface area is 99.0 Å². The molecule has 0 radical (unpaired) electrons. The maximum atomic E-state index is 5.87. The van der Waals surface area contributed by atoms with Crippen LogP contribution in [0.5, 0.6) is 5.75 Å². The molecule has 0 bridgehead atoms. The Morgan fingerprint density at radius 2 is 2.06 bits per heavy atom. The lowest BCUT2D eigenvalue weighted by Gasteiger charge is -2.09. The van der Waals surface area contributed by atoms with Crippen LogP contribution in [0.25, 0.3) is 0 Å². The summed E-state index contributed by atoms with van der Waals surface area (Å²) in [6, 6.07) is 11.1. The highest BCUT2D eigenvalue weighted by atomic mass is 35.5. The summed E-state index contributed by atoms with van der Waals surface area (Å²) in [5.74, 6) is 1.46. The molecule has 1 aromatic carbocycles. The third-order valence-electron chi connectivity index (χ3n) is 2.09. The Hall–Kier alpha value is -1.74. The van der Waals surface area contributed by atoms with Gasteiger partial charge in [-0.25, -0.2) is 4.98 Å². The van der Waals surface area contributed by atoms with Crippen molar-refractivity contribution in [2.45, 2.75) is 0 Å². The number of rotatable bonds is 3. The molecule has 82 valence electrons. The number of aromatic nitrogens is 1. The third-order valence-corrected chi connectivity index (χ3v) is 2.33. The zero-order valence-electron chi connectivity index (χ0n) is 8.77. The van der Waals surface area contributed by atoms with Gasteiger partial charge in [0.15, 0.2) is 0 Å². The second-order valence-electron chi connectivity index (χ2n) is 3.18. The Balaban J connectivity index is 2.26. The smallest absolute Gasteiger partial charge is 0.142 e. The fraction of sp³-hybridized carbons (Fsp3) is 0.0833. The Bertz CT molecular complexity index is 488. The number of anilines is 2. The molecule has 1 heterocycles. The van der Waals surface area contributed by atoms with Gasteiger partial charge in [0.2, 0.25) is 0 Å². The molecule has 16 heavy (non-hydrogen) atoms. The molecule has 0 saturated heterocycles. The number of hydrogen-bond donors (Lipinski definition) is 1. The molecule has 1 aromatic heterocycles. The predicted octanol–water partition coefficient (Wildman–Crippen LogP) is 3.49. The van der Waals surface area contributed by atoms with Gasteiger partial charge < -0.3 is 10.1 Å². The molecule has 0 saturated carbocycles. The van der Waals surface area contributed by atoms with Crippen LogP contribution in [-0.4, -0.2) is 12.1 Å². The minimum absolute atomic E-state index is 0.646. The van der Waals surface area contributed by atoms with Gasteiger partial charge in [0.1, 0.15) is 11.6 Å². The first-order chi connectivity index (χ1) is 7.79. The van der Waals surface area contributed by atoms with Crippen LogP contribution in [0.15, 0.2) is 42.6 Å². The number of pyridine rings is 1. The Morgan fingerprint density at radius 3 is 2.81 bits per heavy atom. The summed E-state index contributed by atoms with van der Waals surface area (Å²) in [5, 5.41) is 3.79. The van der Waals surface area contributed by atoms with Crippen LogP contribution in [-0.2, 0) is 0 Å². The number of hydrogen-bond acceptors (Lipinski definition) is 3. The van der Waals surface area contributed by atoms with Crippen LogP contribution in [0.3, 0.4) is 0 Å². The van der Waals surface area contributed by atoms with Crippen molar-refractivity contribution < 1.29 is 4.74 Å².